The summed E-state index contributed by atoms with van der Waals surface area (Å²) in [5, 5.41) is 7.40. The molecule has 4 fully saturated rings. The van der Waals surface area contributed by atoms with Crippen LogP contribution in [-0.4, -0.2) is 30.4 Å². The Balaban J connectivity index is 1.17. The van der Waals surface area contributed by atoms with Crippen LogP contribution < -0.4 is 10.6 Å². The second-order valence-corrected chi connectivity index (χ2v) is 10.3. The summed E-state index contributed by atoms with van der Waals surface area (Å²) >= 11 is 1.55. The Morgan fingerprint density at radius 2 is 1.79 bits per heavy atom. The Labute approximate surface area is 175 Å². The van der Waals surface area contributed by atoms with E-state index in [-0.39, 0.29) is 23.8 Å². The van der Waals surface area contributed by atoms with Crippen LogP contribution in [0.1, 0.15) is 56.7 Å². The molecule has 2 amide bonds. The fraction of sp³-hybridized carbons (Fsp3) is 0.682. The lowest BCUT2D eigenvalue weighted by Crippen LogP contribution is -2.48. The molecule has 0 aliphatic heterocycles. The van der Waals surface area contributed by atoms with Gasteiger partial charge in [0.15, 0.2) is 6.10 Å². The summed E-state index contributed by atoms with van der Waals surface area (Å²) in [6.07, 6.45) is 7.16. The molecule has 4 aliphatic carbocycles. The van der Waals surface area contributed by atoms with Crippen LogP contribution >= 0.6 is 11.3 Å². The Morgan fingerprint density at radius 1 is 1.14 bits per heavy atom. The fourth-order valence-electron chi connectivity index (χ4n) is 6.10. The van der Waals surface area contributed by atoms with Crippen molar-refractivity contribution in [3.63, 3.8) is 0 Å². The molecule has 7 heteroatoms. The van der Waals surface area contributed by atoms with E-state index in [1.165, 1.54) is 38.5 Å². The molecular weight excluding hydrogens is 388 g/mol. The first-order chi connectivity index (χ1) is 13.9. The Hall–Kier alpha value is -1.89. The van der Waals surface area contributed by atoms with E-state index in [4.69, 9.17) is 4.74 Å². The van der Waals surface area contributed by atoms with E-state index in [2.05, 4.69) is 10.6 Å². The van der Waals surface area contributed by atoms with Gasteiger partial charge >= 0.3 is 5.97 Å². The predicted molar refractivity (Wildman–Crippen MR) is 110 cm³/mol. The minimum Gasteiger partial charge on any atom is -0.451 e. The van der Waals surface area contributed by atoms with Gasteiger partial charge in [-0.1, -0.05) is 6.07 Å². The molecule has 5 rings (SSSR count). The summed E-state index contributed by atoms with van der Waals surface area (Å²) in [7, 11) is 0. The number of carbonyl (C=O) groups excluding carboxylic acids is 3. The maximum Gasteiger partial charge on any atom is 0.326 e. The molecule has 4 saturated carbocycles. The van der Waals surface area contributed by atoms with Gasteiger partial charge in [-0.15, -0.1) is 11.3 Å². The van der Waals surface area contributed by atoms with Gasteiger partial charge < -0.3 is 15.4 Å². The topological polar surface area (TPSA) is 84.5 Å². The SMILES string of the molecule is C[C@H](OC(=O)CNC(=O)CC12CC3CC(CC(C3)C1)C2)C(=O)NCc1cccs1. The summed E-state index contributed by atoms with van der Waals surface area (Å²) in [6.45, 7) is 1.77. The van der Waals surface area contributed by atoms with E-state index >= 15 is 0 Å². The van der Waals surface area contributed by atoms with Crippen molar-refractivity contribution < 1.29 is 19.1 Å². The molecular formula is C22H30N2O4S. The van der Waals surface area contributed by atoms with Crippen LogP contribution in [0.5, 0.6) is 0 Å². The van der Waals surface area contributed by atoms with Gasteiger partial charge in [-0.25, -0.2) is 0 Å². The zero-order valence-electron chi connectivity index (χ0n) is 16.9. The molecule has 1 atom stereocenters. The number of amides is 2. The third-order valence-corrected chi connectivity index (χ3v) is 7.70. The van der Waals surface area contributed by atoms with Gasteiger partial charge in [-0.05, 0) is 80.1 Å². The maximum absolute atomic E-state index is 12.5. The standard InChI is InChI=1S/C22H30N2O4S/c1-14(21(27)24-12-18-3-2-4-29-18)28-20(26)13-23-19(25)11-22-8-15-5-16(9-22)7-17(6-15)10-22/h2-4,14-17H,5-13H2,1H3,(H,23,25)(H,24,27)/t14-,15?,16?,17?,22?/m0/s1. The van der Waals surface area contributed by atoms with Crippen LogP contribution in [-0.2, 0) is 25.7 Å². The number of carbonyl (C=O) groups is 3. The minimum atomic E-state index is -0.887. The van der Waals surface area contributed by atoms with Gasteiger partial charge in [0.2, 0.25) is 5.91 Å². The molecule has 29 heavy (non-hydrogen) atoms. The average Bonchev–Trinajstić information content (AvgIpc) is 3.16. The van der Waals surface area contributed by atoms with Crippen molar-refractivity contribution in [2.75, 3.05) is 6.54 Å². The molecule has 0 aromatic carbocycles. The molecule has 1 heterocycles. The molecule has 158 valence electrons. The number of hydrogen-bond acceptors (Lipinski definition) is 5. The Kier molecular flexibility index (Phi) is 5.95. The van der Waals surface area contributed by atoms with Crippen molar-refractivity contribution in [1.29, 1.82) is 0 Å². The summed E-state index contributed by atoms with van der Waals surface area (Å²) < 4.78 is 5.16. The van der Waals surface area contributed by atoms with Crippen LogP contribution in [0.15, 0.2) is 17.5 Å². The first kappa shape index (κ1) is 20.4. The summed E-state index contributed by atoms with van der Waals surface area (Å²) in [6, 6.07) is 3.85. The summed E-state index contributed by atoms with van der Waals surface area (Å²) in [5.74, 6) is 1.40. The van der Waals surface area contributed by atoms with Crippen molar-refractivity contribution in [3.05, 3.63) is 22.4 Å². The van der Waals surface area contributed by atoms with Gasteiger partial charge in [-0.3, -0.25) is 14.4 Å². The molecule has 0 radical (unpaired) electrons. The van der Waals surface area contributed by atoms with E-state index in [9.17, 15) is 14.4 Å². The van der Waals surface area contributed by atoms with Gasteiger partial charge in [0, 0.05) is 11.3 Å². The Morgan fingerprint density at radius 3 is 2.38 bits per heavy atom. The van der Waals surface area contributed by atoms with Crippen molar-refractivity contribution in [1.82, 2.24) is 10.6 Å². The average molecular weight is 419 g/mol. The number of ether oxygens (including phenoxy) is 1. The lowest BCUT2D eigenvalue weighted by atomic mass is 9.49. The molecule has 0 unspecified atom stereocenters. The number of rotatable bonds is 8. The first-order valence-electron chi connectivity index (χ1n) is 10.7. The number of nitrogens with one attached hydrogen (secondary N) is 2. The van der Waals surface area contributed by atoms with E-state index in [1.807, 2.05) is 17.5 Å². The highest BCUT2D eigenvalue weighted by Gasteiger charge is 2.51. The van der Waals surface area contributed by atoms with Crippen LogP contribution in [0.2, 0.25) is 0 Å². The van der Waals surface area contributed by atoms with Crippen molar-refractivity contribution in [2.45, 2.75) is 64.5 Å². The number of hydrogen-bond donors (Lipinski definition) is 2. The lowest BCUT2D eigenvalue weighted by Gasteiger charge is -2.56. The van der Waals surface area contributed by atoms with Gasteiger partial charge in [-0.2, -0.15) is 0 Å². The minimum absolute atomic E-state index is 0.0706. The third kappa shape index (κ3) is 5.00. The van der Waals surface area contributed by atoms with Crippen LogP contribution in [0.25, 0.3) is 0 Å². The highest BCUT2D eigenvalue weighted by Crippen LogP contribution is 2.61. The van der Waals surface area contributed by atoms with Crippen LogP contribution in [0.4, 0.5) is 0 Å². The normalized spacial score (nSPS) is 30.6. The zero-order valence-corrected chi connectivity index (χ0v) is 17.8. The molecule has 0 saturated heterocycles. The molecule has 4 bridgehead atoms. The number of esters is 1. The van der Waals surface area contributed by atoms with Gasteiger partial charge in [0.1, 0.15) is 6.54 Å². The molecule has 0 spiro atoms. The molecule has 2 N–H and O–H groups in total. The molecule has 4 aliphatic rings. The largest absolute Gasteiger partial charge is 0.451 e. The lowest BCUT2D eigenvalue weighted by molar-refractivity contribution is -0.154. The number of thiophene rings is 1. The highest BCUT2D eigenvalue weighted by molar-refractivity contribution is 7.09. The predicted octanol–water partition coefficient (Wildman–Crippen LogP) is 3.02. The van der Waals surface area contributed by atoms with Crippen molar-refractivity contribution >= 4 is 29.1 Å². The second-order valence-electron chi connectivity index (χ2n) is 9.30. The maximum atomic E-state index is 12.5. The van der Waals surface area contributed by atoms with Crippen LogP contribution in [0.3, 0.4) is 0 Å². The van der Waals surface area contributed by atoms with Gasteiger partial charge in [0.05, 0.1) is 6.54 Å². The Bertz CT molecular complexity index is 726. The summed E-state index contributed by atoms with van der Waals surface area (Å²) in [4.78, 5) is 37.6. The molecule has 6 nitrogen and oxygen atoms in total. The monoisotopic (exact) mass is 418 g/mol. The molecule has 1 aromatic heterocycles. The van der Waals surface area contributed by atoms with Crippen molar-refractivity contribution in [2.24, 2.45) is 23.2 Å². The van der Waals surface area contributed by atoms with E-state index in [1.54, 1.807) is 18.3 Å². The zero-order chi connectivity index (χ0) is 20.4. The van der Waals surface area contributed by atoms with Gasteiger partial charge in [0.25, 0.3) is 5.91 Å². The van der Waals surface area contributed by atoms with Crippen molar-refractivity contribution in [3.8, 4) is 0 Å². The fourth-order valence-corrected chi connectivity index (χ4v) is 6.75. The summed E-state index contributed by atoms with van der Waals surface area (Å²) in [5.41, 5.74) is 0.151. The van der Waals surface area contributed by atoms with Crippen LogP contribution in [0, 0.1) is 23.2 Å². The smallest absolute Gasteiger partial charge is 0.326 e. The first-order valence-corrected chi connectivity index (χ1v) is 11.5. The quantitative estimate of drug-likeness (QED) is 0.636. The van der Waals surface area contributed by atoms with E-state index < -0.39 is 12.1 Å². The molecule has 1 aromatic rings. The van der Waals surface area contributed by atoms with E-state index in [0.29, 0.717) is 13.0 Å². The third-order valence-electron chi connectivity index (χ3n) is 6.82. The second kappa shape index (κ2) is 8.46. The van der Waals surface area contributed by atoms with E-state index in [0.717, 1.165) is 22.6 Å². The highest BCUT2D eigenvalue weighted by atomic mass is 32.1.